The monoisotopic (exact) mass is 258 g/mol. The molecule has 0 radical (unpaired) electrons. The Morgan fingerprint density at radius 1 is 1.44 bits per heavy atom. The average Bonchev–Trinajstić information content (AvgIpc) is 2.70. The van der Waals surface area contributed by atoms with E-state index in [1.54, 1.807) is 6.07 Å². The fourth-order valence-corrected chi connectivity index (χ4v) is 2.59. The highest BCUT2D eigenvalue weighted by atomic mass is 19.3. The van der Waals surface area contributed by atoms with E-state index in [1.165, 1.54) is 12.1 Å². The van der Waals surface area contributed by atoms with Crippen molar-refractivity contribution < 1.29 is 13.2 Å². The molecule has 1 aliphatic rings. The van der Waals surface area contributed by atoms with E-state index in [1.807, 2.05) is 7.05 Å². The maximum Gasteiger partial charge on any atom is 0.266 e. The Kier molecular flexibility index (Phi) is 3.92. The molecule has 0 bridgehead atoms. The van der Waals surface area contributed by atoms with E-state index in [-0.39, 0.29) is 6.04 Å². The molecule has 1 aromatic rings. The standard InChI is InChI=1S/C13H17F3N2/c1-18-7-8(6-17)4-12(18)9-2-3-10(13(15)16)11(14)5-9/h2-3,5,8,12-13H,4,6-7,17H2,1H3. The third-order valence-corrected chi connectivity index (χ3v) is 3.61. The van der Waals surface area contributed by atoms with Gasteiger partial charge in [-0.1, -0.05) is 12.1 Å². The zero-order chi connectivity index (χ0) is 13.3. The van der Waals surface area contributed by atoms with E-state index >= 15 is 0 Å². The zero-order valence-corrected chi connectivity index (χ0v) is 10.2. The van der Waals surface area contributed by atoms with E-state index in [2.05, 4.69) is 4.90 Å². The molecule has 2 rings (SSSR count). The van der Waals surface area contributed by atoms with Crippen LogP contribution in [0.15, 0.2) is 18.2 Å². The van der Waals surface area contributed by atoms with Gasteiger partial charge in [0.05, 0.1) is 5.56 Å². The Balaban J connectivity index is 2.22. The van der Waals surface area contributed by atoms with Crippen LogP contribution in [0.3, 0.4) is 0 Å². The van der Waals surface area contributed by atoms with E-state index in [9.17, 15) is 13.2 Å². The molecule has 0 amide bonds. The largest absolute Gasteiger partial charge is 0.330 e. The molecule has 0 spiro atoms. The number of likely N-dealkylation sites (tertiary alicyclic amines) is 1. The summed E-state index contributed by atoms with van der Waals surface area (Å²) in [5.41, 5.74) is 5.84. The van der Waals surface area contributed by atoms with Gasteiger partial charge in [-0.15, -0.1) is 0 Å². The molecule has 0 aliphatic carbocycles. The van der Waals surface area contributed by atoms with Crippen molar-refractivity contribution in [2.45, 2.75) is 18.9 Å². The predicted octanol–water partition coefficient (Wildman–Crippen LogP) is 2.71. The van der Waals surface area contributed by atoms with Crippen molar-refractivity contribution in [2.75, 3.05) is 20.1 Å². The van der Waals surface area contributed by atoms with Crippen molar-refractivity contribution in [1.82, 2.24) is 4.90 Å². The second-order valence-corrected chi connectivity index (χ2v) is 4.87. The van der Waals surface area contributed by atoms with Crippen LogP contribution in [0.1, 0.15) is 30.0 Å². The van der Waals surface area contributed by atoms with Gasteiger partial charge in [0.15, 0.2) is 0 Å². The molecule has 100 valence electrons. The van der Waals surface area contributed by atoms with Gasteiger partial charge in [0.25, 0.3) is 6.43 Å². The van der Waals surface area contributed by atoms with Gasteiger partial charge in [0.1, 0.15) is 5.82 Å². The summed E-state index contributed by atoms with van der Waals surface area (Å²) >= 11 is 0. The lowest BCUT2D eigenvalue weighted by molar-refractivity contribution is 0.146. The van der Waals surface area contributed by atoms with Crippen molar-refractivity contribution >= 4 is 0 Å². The molecule has 1 aromatic carbocycles. The maximum absolute atomic E-state index is 13.5. The number of alkyl halides is 2. The highest BCUT2D eigenvalue weighted by Crippen LogP contribution is 2.35. The van der Waals surface area contributed by atoms with Gasteiger partial charge < -0.3 is 5.73 Å². The van der Waals surface area contributed by atoms with Crippen LogP contribution < -0.4 is 5.73 Å². The van der Waals surface area contributed by atoms with E-state index in [0.717, 1.165) is 18.5 Å². The molecule has 0 aromatic heterocycles. The van der Waals surface area contributed by atoms with Crippen molar-refractivity contribution in [1.29, 1.82) is 0 Å². The molecular weight excluding hydrogens is 241 g/mol. The summed E-state index contributed by atoms with van der Waals surface area (Å²) in [6.45, 7) is 1.46. The first-order chi connectivity index (χ1) is 8.52. The summed E-state index contributed by atoms with van der Waals surface area (Å²) in [4.78, 5) is 2.09. The van der Waals surface area contributed by atoms with Crippen molar-refractivity contribution in [2.24, 2.45) is 11.7 Å². The van der Waals surface area contributed by atoms with Crippen molar-refractivity contribution in [3.05, 3.63) is 35.1 Å². The topological polar surface area (TPSA) is 29.3 Å². The lowest BCUT2D eigenvalue weighted by Gasteiger charge is -2.20. The van der Waals surface area contributed by atoms with E-state index < -0.39 is 17.8 Å². The lowest BCUT2D eigenvalue weighted by Crippen LogP contribution is -2.20. The first-order valence-electron chi connectivity index (χ1n) is 6.00. The second kappa shape index (κ2) is 5.28. The molecule has 0 saturated carbocycles. The van der Waals surface area contributed by atoms with Crippen LogP contribution >= 0.6 is 0 Å². The van der Waals surface area contributed by atoms with Crippen molar-refractivity contribution in [3.63, 3.8) is 0 Å². The molecule has 1 aliphatic heterocycles. The summed E-state index contributed by atoms with van der Waals surface area (Å²) in [6.07, 6.45) is -1.92. The third kappa shape index (κ3) is 2.52. The Bertz CT molecular complexity index is 423. The number of hydrogen-bond donors (Lipinski definition) is 1. The normalized spacial score (nSPS) is 25.0. The molecule has 1 fully saturated rings. The Hall–Kier alpha value is -1.07. The van der Waals surface area contributed by atoms with Gasteiger partial charge in [0, 0.05) is 12.6 Å². The SMILES string of the molecule is CN1CC(CN)CC1c1ccc(C(F)F)c(F)c1. The van der Waals surface area contributed by atoms with Crippen LogP contribution in [0.4, 0.5) is 13.2 Å². The summed E-state index contributed by atoms with van der Waals surface area (Å²) in [6, 6.07) is 4.06. The maximum atomic E-state index is 13.5. The van der Waals surface area contributed by atoms with Gasteiger partial charge in [-0.25, -0.2) is 13.2 Å². The fourth-order valence-electron chi connectivity index (χ4n) is 2.59. The van der Waals surface area contributed by atoms with Crippen LogP contribution in [0.2, 0.25) is 0 Å². The summed E-state index contributed by atoms with van der Waals surface area (Å²) in [5.74, 6) is -0.440. The minimum Gasteiger partial charge on any atom is -0.330 e. The number of benzene rings is 1. The molecule has 1 saturated heterocycles. The van der Waals surface area contributed by atoms with Gasteiger partial charge in [-0.05, 0) is 37.6 Å². The van der Waals surface area contributed by atoms with Crippen LogP contribution in [-0.2, 0) is 0 Å². The highest BCUT2D eigenvalue weighted by Gasteiger charge is 2.30. The van der Waals surface area contributed by atoms with Crippen LogP contribution in [0, 0.1) is 11.7 Å². The zero-order valence-electron chi connectivity index (χ0n) is 10.2. The van der Waals surface area contributed by atoms with Gasteiger partial charge in [-0.2, -0.15) is 0 Å². The fraction of sp³-hybridized carbons (Fsp3) is 0.538. The van der Waals surface area contributed by atoms with Crippen molar-refractivity contribution in [3.8, 4) is 0 Å². The molecule has 2 nitrogen and oxygen atoms in total. The number of hydrogen-bond acceptors (Lipinski definition) is 2. The molecular formula is C13H17F3N2. The second-order valence-electron chi connectivity index (χ2n) is 4.87. The van der Waals surface area contributed by atoms with Crippen LogP contribution in [0.25, 0.3) is 0 Å². The van der Waals surface area contributed by atoms with E-state index in [0.29, 0.717) is 12.5 Å². The lowest BCUT2D eigenvalue weighted by atomic mass is 9.99. The quantitative estimate of drug-likeness (QED) is 0.903. The smallest absolute Gasteiger partial charge is 0.266 e. The molecule has 5 heteroatoms. The number of nitrogens with two attached hydrogens (primary N) is 1. The minimum absolute atomic E-state index is 0.0692. The Labute approximate surface area is 105 Å². The van der Waals surface area contributed by atoms with Crippen LogP contribution in [-0.4, -0.2) is 25.0 Å². The average molecular weight is 258 g/mol. The summed E-state index contributed by atoms with van der Waals surface area (Å²) in [5, 5.41) is 0. The Morgan fingerprint density at radius 3 is 2.67 bits per heavy atom. The molecule has 2 N–H and O–H groups in total. The van der Waals surface area contributed by atoms with Crippen LogP contribution in [0.5, 0.6) is 0 Å². The minimum atomic E-state index is -2.77. The Morgan fingerprint density at radius 2 is 2.17 bits per heavy atom. The summed E-state index contributed by atoms with van der Waals surface area (Å²) < 4.78 is 38.5. The van der Waals surface area contributed by atoms with Gasteiger partial charge >= 0.3 is 0 Å². The number of halogens is 3. The summed E-state index contributed by atoms with van der Waals surface area (Å²) in [7, 11) is 1.94. The first-order valence-corrected chi connectivity index (χ1v) is 6.00. The first kappa shape index (κ1) is 13.4. The number of nitrogens with zero attached hydrogens (tertiary/aromatic N) is 1. The number of rotatable bonds is 3. The third-order valence-electron chi connectivity index (χ3n) is 3.61. The van der Waals surface area contributed by atoms with Gasteiger partial charge in [0.2, 0.25) is 0 Å². The van der Waals surface area contributed by atoms with Gasteiger partial charge in [-0.3, -0.25) is 4.90 Å². The molecule has 1 heterocycles. The molecule has 2 unspecified atom stereocenters. The van der Waals surface area contributed by atoms with E-state index in [4.69, 9.17) is 5.73 Å². The predicted molar refractivity (Wildman–Crippen MR) is 63.9 cm³/mol. The molecule has 18 heavy (non-hydrogen) atoms. The highest BCUT2D eigenvalue weighted by molar-refractivity contribution is 5.28. The molecule has 2 atom stereocenters.